The molecule has 1 amide bonds. The summed E-state index contributed by atoms with van der Waals surface area (Å²) in [5.74, 6) is -0.102. The van der Waals surface area contributed by atoms with Gasteiger partial charge in [-0.25, -0.2) is 0 Å². The SMILES string of the molecule is Cc1ccc(C=CC(=O)NC2COC2)cc1Cl. The molecule has 0 radical (unpaired) electrons. The minimum absolute atomic E-state index is 0.102. The molecule has 0 aromatic heterocycles. The second-order valence-corrected chi connectivity index (χ2v) is 4.49. The zero-order valence-corrected chi connectivity index (χ0v) is 10.3. The standard InChI is InChI=1S/C13H14ClNO2/c1-9-2-3-10(6-12(9)14)4-5-13(16)15-11-7-17-8-11/h2-6,11H,7-8H2,1H3,(H,15,16). The normalized spacial score (nSPS) is 15.9. The second kappa shape index (κ2) is 5.34. The highest BCUT2D eigenvalue weighted by molar-refractivity contribution is 6.31. The molecule has 1 saturated heterocycles. The van der Waals surface area contributed by atoms with Crippen LogP contribution in [0.4, 0.5) is 0 Å². The van der Waals surface area contributed by atoms with Crippen molar-refractivity contribution >= 4 is 23.6 Å². The number of amides is 1. The van der Waals surface area contributed by atoms with E-state index in [1.807, 2.05) is 25.1 Å². The number of hydrogen-bond acceptors (Lipinski definition) is 2. The van der Waals surface area contributed by atoms with Crippen LogP contribution in [0.5, 0.6) is 0 Å². The Balaban J connectivity index is 1.94. The van der Waals surface area contributed by atoms with E-state index in [1.54, 1.807) is 6.08 Å². The summed E-state index contributed by atoms with van der Waals surface area (Å²) in [7, 11) is 0. The highest BCUT2D eigenvalue weighted by Gasteiger charge is 2.18. The summed E-state index contributed by atoms with van der Waals surface area (Å²) >= 11 is 5.99. The summed E-state index contributed by atoms with van der Waals surface area (Å²) in [6.45, 7) is 3.16. The Labute approximate surface area is 105 Å². The van der Waals surface area contributed by atoms with E-state index in [4.69, 9.17) is 16.3 Å². The number of carbonyl (C=O) groups is 1. The van der Waals surface area contributed by atoms with E-state index in [0.29, 0.717) is 18.2 Å². The maximum absolute atomic E-state index is 11.5. The highest BCUT2D eigenvalue weighted by atomic mass is 35.5. The Bertz CT molecular complexity index is 453. The van der Waals surface area contributed by atoms with Gasteiger partial charge in [0, 0.05) is 11.1 Å². The van der Waals surface area contributed by atoms with Crippen molar-refractivity contribution in [1.82, 2.24) is 5.32 Å². The molecular formula is C13H14ClNO2. The lowest BCUT2D eigenvalue weighted by Crippen LogP contribution is -2.48. The lowest BCUT2D eigenvalue weighted by molar-refractivity contribution is -0.120. The quantitative estimate of drug-likeness (QED) is 0.837. The predicted molar refractivity (Wildman–Crippen MR) is 68.0 cm³/mol. The van der Waals surface area contributed by atoms with Gasteiger partial charge in [-0.2, -0.15) is 0 Å². The molecule has 1 heterocycles. The maximum Gasteiger partial charge on any atom is 0.244 e. The minimum Gasteiger partial charge on any atom is -0.377 e. The number of ether oxygens (including phenoxy) is 1. The Kier molecular flexibility index (Phi) is 3.82. The largest absolute Gasteiger partial charge is 0.377 e. The van der Waals surface area contributed by atoms with Crippen LogP contribution in [-0.2, 0) is 9.53 Å². The molecule has 1 aliphatic heterocycles. The summed E-state index contributed by atoms with van der Waals surface area (Å²) in [5.41, 5.74) is 1.94. The number of aryl methyl sites for hydroxylation is 1. The van der Waals surface area contributed by atoms with Gasteiger partial charge in [0.1, 0.15) is 0 Å². The van der Waals surface area contributed by atoms with E-state index in [2.05, 4.69) is 5.32 Å². The van der Waals surface area contributed by atoms with Gasteiger partial charge in [0.2, 0.25) is 5.91 Å². The molecular weight excluding hydrogens is 238 g/mol. The number of nitrogens with one attached hydrogen (secondary N) is 1. The second-order valence-electron chi connectivity index (χ2n) is 4.08. The lowest BCUT2D eigenvalue weighted by atomic mass is 10.1. The van der Waals surface area contributed by atoms with Crippen LogP contribution in [0.2, 0.25) is 5.02 Å². The number of carbonyl (C=O) groups excluding carboxylic acids is 1. The Morgan fingerprint density at radius 3 is 2.88 bits per heavy atom. The van der Waals surface area contributed by atoms with Crippen LogP contribution >= 0.6 is 11.6 Å². The Hall–Kier alpha value is -1.32. The number of rotatable bonds is 3. The molecule has 0 aliphatic carbocycles. The first-order valence-corrected chi connectivity index (χ1v) is 5.85. The molecule has 0 spiro atoms. The third kappa shape index (κ3) is 3.32. The molecule has 1 aromatic rings. The summed E-state index contributed by atoms with van der Waals surface area (Å²) < 4.78 is 4.97. The van der Waals surface area contributed by atoms with Crippen LogP contribution in [0, 0.1) is 6.92 Å². The average molecular weight is 252 g/mol. The van der Waals surface area contributed by atoms with Gasteiger partial charge in [0.15, 0.2) is 0 Å². The van der Waals surface area contributed by atoms with Crippen LogP contribution in [0.15, 0.2) is 24.3 Å². The van der Waals surface area contributed by atoms with Gasteiger partial charge in [-0.05, 0) is 30.2 Å². The van der Waals surface area contributed by atoms with Crippen LogP contribution in [-0.4, -0.2) is 25.2 Å². The summed E-state index contributed by atoms with van der Waals surface area (Å²) in [6, 6.07) is 5.86. The number of benzene rings is 1. The molecule has 1 aliphatic rings. The first kappa shape index (κ1) is 12.1. The van der Waals surface area contributed by atoms with E-state index in [1.165, 1.54) is 6.08 Å². The first-order valence-electron chi connectivity index (χ1n) is 5.47. The topological polar surface area (TPSA) is 38.3 Å². The van der Waals surface area contributed by atoms with E-state index in [0.717, 1.165) is 11.1 Å². The van der Waals surface area contributed by atoms with Crippen LogP contribution in [0.25, 0.3) is 6.08 Å². The third-order valence-electron chi connectivity index (χ3n) is 2.61. The summed E-state index contributed by atoms with van der Waals surface area (Å²) in [6.07, 6.45) is 3.26. The van der Waals surface area contributed by atoms with Gasteiger partial charge < -0.3 is 10.1 Å². The zero-order chi connectivity index (χ0) is 12.3. The van der Waals surface area contributed by atoms with Gasteiger partial charge in [0.25, 0.3) is 0 Å². The number of halogens is 1. The fourth-order valence-corrected chi connectivity index (χ4v) is 1.64. The van der Waals surface area contributed by atoms with Crippen molar-refractivity contribution in [2.45, 2.75) is 13.0 Å². The molecule has 1 fully saturated rings. The predicted octanol–water partition coefficient (Wildman–Crippen LogP) is 2.18. The van der Waals surface area contributed by atoms with E-state index >= 15 is 0 Å². The number of hydrogen-bond donors (Lipinski definition) is 1. The van der Waals surface area contributed by atoms with Crippen LogP contribution < -0.4 is 5.32 Å². The molecule has 2 rings (SSSR count). The van der Waals surface area contributed by atoms with Crippen molar-refractivity contribution in [3.63, 3.8) is 0 Å². The molecule has 0 atom stereocenters. The van der Waals surface area contributed by atoms with E-state index in [9.17, 15) is 4.79 Å². The van der Waals surface area contributed by atoms with Crippen LogP contribution in [0.3, 0.4) is 0 Å². The molecule has 1 aromatic carbocycles. The average Bonchev–Trinajstić information content (AvgIpc) is 2.25. The molecule has 0 unspecified atom stereocenters. The molecule has 0 saturated carbocycles. The van der Waals surface area contributed by atoms with Crippen molar-refractivity contribution < 1.29 is 9.53 Å². The van der Waals surface area contributed by atoms with E-state index < -0.39 is 0 Å². The molecule has 1 N–H and O–H groups in total. The van der Waals surface area contributed by atoms with Gasteiger partial charge in [-0.3, -0.25) is 4.79 Å². The molecule has 0 bridgehead atoms. The Morgan fingerprint density at radius 1 is 1.53 bits per heavy atom. The van der Waals surface area contributed by atoms with Crippen molar-refractivity contribution in [2.24, 2.45) is 0 Å². The first-order chi connectivity index (χ1) is 8.15. The maximum atomic E-state index is 11.5. The lowest BCUT2D eigenvalue weighted by Gasteiger charge is -2.26. The van der Waals surface area contributed by atoms with Gasteiger partial charge in [0.05, 0.1) is 19.3 Å². The third-order valence-corrected chi connectivity index (χ3v) is 3.01. The summed E-state index contributed by atoms with van der Waals surface area (Å²) in [4.78, 5) is 11.5. The van der Waals surface area contributed by atoms with Crippen molar-refractivity contribution in [2.75, 3.05) is 13.2 Å². The van der Waals surface area contributed by atoms with Crippen molar-refractivity contribution in [3.8, 4) is 0 Å². The van der Waals surface area contributed by atoms with Crippen molar-refractivity contribution in [1.29, 1.82) is 0 Å². The smallest absolute Gasteiger partial charge is 0.244 e. The fraction of sp³-hybridized carbons (Fsp3) is 0.308. The molecule has 90 valence electrons. The van der Waals surface area contributed by atoms with Crippen molar-refractivity contribution in [3.05, 3.63) is 40.4 Å². The summed E-state index contributed by atoms with van der Waals surface area (Å²) in [5, 5.41) is 3.54. The minimum atomic E-state index is -0.102. The van der Waals surface area contributed by atoms with Crippen LogP contribution in [0.1, 0.15) is 11.1 Å². The van der Waals surface area contributed by atoms with E-state index in [-0.39, 0.29) is 11.9 Å². The van der Waals surface area contributed by atoms with Gasteiger partial charge in [-0.1, -0.05) is 23.7 Å². The van der Waals surface area contributed by atoms with Gasteiger partial charge >= 0.3 is 0 Å². The molecule has 4 heteroatoms. The molecule has 17 heavy (non-hydrogen) atoms. The monoisotopic (exact) mass is 251 g/mol. The van der Waals surface area contributed by atoms with Gasteiger partial charge in [-0.15, -0.1) is 0 Å². The highest BCUT2D eigenvalue weighted by Crippen LogP contribution is 2.17. The zero-order valence-electron chi connectivity index (χ0n) is 9.57. The Morgan fingerprint density at radius 2 is 2.29 bits per heavy atom. The fourth-order valence-electron chi connectivity index (χ4n) is 1.45. The molecule has 3 nitrogen and oxygen atoms in total.